The van der Waals surface area contributed by atoms with Gasteiger partial charge < -0.3 is 10.2 Å². The number of hydrogen-bond donors (Lipinski definition) is 2. The van der Waals surface area contributed by atoms with E-state index < -0.39 is 12.2 Å². The SMILES string of the molecule is O=C1CCC(=O)N1c1cccc2c1C(O)C=CC2O. The number of hydrogen-bond acceptors (Lipinski definition) is 4. The molecule has 1 aliphatic heterocycles. The lowest BCUT2D eigenvalue weighted by atomic mass is 9.91. The van der Waals surface area contributed by atoms with Crippen molar-refractivity contribution in [2.75, 3.05) is 4.90 Å². The molecule has 1 aromatic carbocycles. The van der Waals surface area contributed by atoms with Crippen molar-refractivity contribution in [1.29, 1.82) is 0 Å². The van der Waals surface area contributed by atoms with Crippen molar-refractivity contribution in [3.8, 4) is 0 Å². The number of anilines is 1. The second-order valence-corrected chi connectivity index (χ2v) is 4.68. The number of carbonyl (C=O) groups excluding carboxylic acids is 2. The molecule has 0 spiro atoms. The summed E-state index contributed by atoms with van der Waals surface area (Å²) in [5.41, 5.74) is 1.34. The fourth-order valence-corrected chi connectivity index (χ4v) is 2.60. The molecule has 3 rings (SSSR count). The minimum atomic E-state index is -0.921. The lowest BCUT2D eigenvalue weighted by molar-refractivity contribution is -0.121. The highest BCUT2D eigenvalue weighted by Gasteiger charge is 2.34. The fraction of sp³-hybridized carbons (Fsp3) is 0.286. The maximum absolute atomic E-state index is 11.8. The van der Waals surface area contributed by atoms with Gasteiger partial charge in [0.05, 0.1) is 17.9 Å². The van der Waals surface area contributed by atoms with Crippen LogP contribution in [0.4, 0.5) is 5.69 Å². The van der Waals surface area contributed by atoms with Crippen molar-refractivity contribution in [3.63, 3.8) is 0 Å². The highest BCUT2D eigenvalue weighted by molar-refractivity contribution is 6.20. The van der Waals surface area contributed by atoms with Gasteiger partial charge in [-0.05, 0) is 11.6 Å². The topological polar surface area (TPSA) is 77.8 Å². The number of benzene rings is 1. The quantitative estimate of drug-likeness (QED) is 0.582. The number of fused-ring (bicyclic) bond motifs is 1. The van der Waals surface area contributed by atoms with E-state index in [1.54, 1.807) is 18.2 Å². The van der Waals surface area contributed by atoms with Gasteiger partial charge in [0.25, 0.3) is 0 Å². The van der Waals surface area contributed by atoms with Crippen LogP contribution in [0.25, 0.3) is 0 Å². The van der Waals surface area contributed by atoms with E-state index in [1.165, 1.54) is 12.2 Å². The van der Waals surface area contributed by atoms with Gasteiger partial charge in [-0.25, -0.2) is 0 Å². The van der Waals surface area contributed by atoms with Crippen LogP contribution in [0, 0.1) is 0 Å². The van der Waals surface area contributed by atoms with Crippen LogP contribution in [0.15, 0.2) is 30.4 Å². The van der Waals surface area contributed by atoms with E-state index in [2.05, 4.69) is 0 Å². The molecule has 2 atom stereocenters. The maximum Gasteiger partial charge on any atom is 0.234 e. The first-order chi connectivity index (χ1) is 9.09. The predicted molar refractivity (Wildman–Crippen MR) is 67.2 cm³/mol. The van der Waals surface area contributed by atoms with Crippen molar-refractivity contribution in [2.45, 2.75) is 25.0 Å². The van der Waals surface area contributed by atoms with Gasteiger partial charge >= 0.3 is 0 Å². The van der Waals surface area contributed by atoms with Gasteiger partial charge in [-0.3, -0.25) is 14.5 Å². The normalized spacial score (nSPS) is 25.9. The molecule has 1 heterocycles. The standard InChI is InChI=1S/C14H13NO4/c16-10-4-5-11(17)14-8(10)2-1-3-9(14)15-12(18)6-7-13(15)19/h1-5,10-11,16-17H,6-7H2. The Morgan fingerprint density at radius 1 is 1.00 bits per heavy atom. The molecule has 0 bridgehead atoms. The second kappa shape index (κ2) is 4.29. The van der Waals surface area contributed by atoms with E-state index in [0.717, 1.165) is 4.90 Å². The Bertz CT molecular complexity index is 577. The molecule has 1 aromatic rings. The molecule has 1 saturated heterocycles. The third-order valence-electron chi connectivity index (χ3n) is 3.50. The average Bonchev–Trinajstić information content (AvgIpc) is 2.73. The Kier molecular flexibility index (Phi) is 2.73. The van der Waals surface area contributed by atoms with Crippen LogP contribution in [0.5, 0.6) is 0 Å². The van der Waals surface area contributed by atoms with Crippen LogP contribution in [-0.4, -0.2) is 22.0 Å². The lowest BCUT2D eigenvalue weighted by Gasteiger charge is -2.26. The molecule has 2 aliphatic rings. The van der Waals surface area contributed by atoms with Gasteiger partial charge in [0.1, 0.15) is 0 Å². The highest BCUT2D eigenvalue weighted by Crippen LogP contribution is 2.39. The van der Waals surface area contributed by atoms with E-state index in [4.69, 9.17) is 0 Å². The highest BCUT2D eigenvalue weighted by atomic mass is 16.3. The Balaban J connectivity index is 2.17. The van der Waals surface area contributed by atoms with Gasteiger partial charge in [-0.2, -0.15) is 0 Å². The third kappa shape index (κ3) is 1.78. The minimum Gasteiger partial charge on any atom is -0.384 e. The van der Waals surface area contributed by atoms with Crippen molar-refractivity contribution < 1.29 is 19.8 Å². The molecule has 2 N–H and O–H groups in total. The Morgan fingerprint density at radius 2 is 1.63 bits per heavy atom. The first-order valence-corrected chi connectivity index (χ1v) is 6.12. The van der Waals surface area contributed by atoms with Crippen LogP contribution in [-0.2, 0) is 9.59 Å². The third-order valence-corrected chi connectivity index (χ3v) is 3.50. The molecule has 2 unspecified atom stereocenters. The van der Waals surface area contributed by atoms with E-state index in [-0.39, 0.29) is 24.7 Å². The second-order valence-electron chi connectivity index (χ2n) is 4.68. The lowest BCUT2D eigenvalue weighted by Crippen LogP contribution is -2.30. The van der Waals surface area contributed by atoms with Crippen LogP contribution in [0.3, 0.4) is 0 Å². The summed E-state index contributed by atoms with van der Waals surface area (Å²) in [6.45, 7) is 0. The summed E-state index contributed by atoms with van der Waals surface area (Å²) in [4.78, 5) is 24.7. The van der Waals surface area contributed by atoms with Crippen molar-refractivity contribution in [3.05, 3.63) is 41.5 Å². The van der Waals surface area contributed by atoms with Gasteiger partial charge in [0, 0.05) is 18.4 Å². The number of imide groups is 1. The van der Waals surface area contributed by atoms with Crippen molar-refractivity contribution in [1.82, 2.24) is 0 Å². The summed E-state index contributed by atoms with van der Waals surface area (Å²) in [6, 6.07) is 4.97. The smallest absolute Gasteiger partial charge is 0.234 e. The average molecular weight is 259 g/mol. The molecule has 0 aromatic heterocycles. The Hall–Kier alpha value is -1.98. The summed E-state index contributed by atoms with van der Waals surface area (Å²) in [5, 5.41) is 19.9. The number of amides is 2. The number of aliphatic hydroxyl groups excluding tert-OH is 2. The van der Waals surface area contributed by atoms with Gasteiger partial charge in [-0.15, -0.1) is 0 Å². The Morgan fingerprint density at radius 3 is 2.32 bits per heavy atom. The summed E-state index contributed by atoms with van der Waals surface area (Å²) in [6.07, 6.45) is 1.59. The zero-order valence-electron chi connectivity index (χ0n) is 10.1. The largest absolute Gasteiger partial charge is 0.384 e. The van der Waals surface area contributed by atoms with Gasteiger partial charge in [0.15, 0.2) is 0 Å². The zero-order valence-corrected chi connectivity index (χ0v) is 10.1. The van der Waals surface area contributed by atoms with Crippen LogP contribution in [0.1, 0.15) is 36.2 Å². The maximum atomic E-state index is 11.8. The zero-order chi connectivity index (χ0) is 13.6. The molecule has 1 aliphatic carbocycles. The molecule has 0 radical (unpaired) electrons. The van der Waals surface area contributed by atoms with E-state index in [9.17, 15) is 19.8 Å². The summed E-state index contributed by atoms with van der Waals surface area (Å²) >= 11 is 0. The molecular weight excluding hydrogens is 246 g/mol. The van der Waals surface area contributed by atoms with E-state index in [1.807, 2.05) is 0 Å². The monoisotopic (exact) mass is 259 g/mol. The molecule has 2 amide bonds. The van der Waals surface area contributed by atoms with E-state index >= 15 is 0 Å². The first kappa shape index (κ1) is 12.1. The predicted octanol–water partition coefficient (Wildman–Crippen LogP) is 0.977. The van der Waals surface area contributed by atoms with Gasteiger partial charge in [0.2, 0.25) is 11.8 Å². The molecule has 5 heteroatoms. The molecule has 1 fully saturated rings. The molecular formula is C14H13NO4. The van der Waals surface area contributed by atoms with Crippen LogP contribution in [0.2, 0.25) is 0 Å². The minimum absolute atomic E-state index is 0.191. The Labute approximate surface area is 109 Å². The number of nitrogens with zero attached hydrogens (tertiary/aromatic N) is 1. The first-order valence-electron chi connectivity index (χ1n) is 6.12. The molecule has 5 nitrogen and oxygen atoms in total. The summed E-state index contributed by atoms with van der Waals surface area (Å²) in [5.74, 6) is -0.538. The molecule has 98 valence electrons. The molecule has 0 saturated carbocycles. The van der Waals surface area contributed by atoms with Crippen molar-refractivity contribution >= 4 is 17.5 Å². The van der Waals surface area contributed by atoms with Crippen molar-refractivity contribution in [2.24, 2.45) is 0 Å². The number of carbonyl (C=O) groups is 2. The van der Waals surface area contributed by atoms with Gasteiger partial charge in [-0.1, -0.05) is 24.3 Å². The molecule has 19 heavy (non-hydrogen) atoms. The summed E-state index contributed by atoms with van der Waals surface area (Å²) < 4.78 is 0. The number of rotatable bonds is 1. The number of aliphatic hydroxyl groups is 2. The van der Waals surface area contributed by atoms with Crippen LogP contribution < -0.4 is 4.90 Å². The fourth-order valence-electron chi connectivity index (χ4n) is 2.60. The van der Waals surface area contributed by atoms with E-state index in [0.29, 0.717) is 16.8 Å². The summed E-state index contributed by atoms with van der Waals surface area (Å²) in [7, 11) is 0. The van der Waals surface area contributed by atoms with Crippen LogP contribution >= 0.6 is 0 Å².